The van der Waals surface area contributed by atoms with E-state index in [2.05, 4.69) is 33.9 Å². The Morgan fingerprint density at radius 3 is 2.53 bits per heavy atom. The van der Waals surface area contributed by atoms with Crippen molar-refractivity contribution in [1.29, 1.82) is 0 Å². The van der Waals surface area contributed by atoms with Crippen LogP contribution in [0.25, 0.3) is 0 Å². The molecule has 0 spiro atoms. The monoisotopic (exact) mass is 210 g/mol. The van der Waals surface area contributed by atoms with Gasteiger partial charge in [-0.25, -0.2) is 0 Å². The van der Waals surface area contributed by atoms with Crippen molar-refractivity contribution in [1.82, 2.24) is 0 Å². The van der Waals surface area contributed by atoms with Gasteiger partial charge in [0.2, 0.25) is 0 Å². The van der Waals surface area contributed by atoms with E-state index in [1.807, 2.05) is 6.08 Å². The van der Waals surface area contributed by atoms with Crippen LogP contribution in [0.3, 0.4) is 0 Å². The highest BCUT2D eigenvalue weighted by Crippen LogP contribution is 2.27. The maximum atomic E-state index is 11.3. The molecule has 0 aliphatic rings. The number of esters is 1. The Morgan fingerprint density at radius 2 is 2.07 bits per heavy atom. The zero-order chi connectivity index (χ0) is 11.9. The molecule has 0 rings (SSSR count). The van der Waals surface area contributed by atoms with E-state index in [0.717, 1.165) is 6.42 Å². The topological polar surface area (TPSA) is 26.3 Å². The van der Waals surface area contributed by atoms with Crippen LogP contribution in [-0.2, 0) is 9.53 Å². The minimum Gasteiger partial charge on any atom is -0.461 e. The summed E-state index contributed by atoms with van der Waals surface area (Å²) in [4.78, 5) is 11.3. The molecule has 0 aliphatic carbocycles. The van der Waals surface area contributed by atoms with Crippen LogP contribution in [0.4, 0.5) is 0 Å². The number of carbonyl (C=O) groups excluding carboxylic acids is 1. The molecule has 0 amide bonds. The summed E-state index contributed by atoms with van der Waals surface area (Å²) in [5.41, 5.74) is 0.0815. The molecule has 0 aromatic carbocycles. The molecule has 0 aromatic rings. The summed E-state index contributed by atoms with van der Waals surface area (Å²) in [5, 5.41) is 0. The average molecular weight is 210 g/mol. The number of allylic oxidation sites excluding steroid dienone is 1. The van der Waals surface area contributed by atoms with Gasteiger partial charge >= 0.3 is 5.97 Å². The number of carbonyl (C=O) groups is 1. The van der Waals surface area contributed by atoms with Gasteiger partial charge in [0.15, 0.2) is 0 Å². The van der Waals surface area contributed by atoms with Gasteiger partial charge in [-0.1, -0.05) is 39.5 Å². The fraction of sp³-hybridized carbons (Fsp3) is 0.615. The van der Waals surface area contributed by atoms with E-state index in [9.17, 15) is 4.79 Å². The number of hydrogen-bond acceptors (Lipinski definition) is 2. The van der Waals surface area contributed by atoms with Gasteiger partial charge in [-0.2, -0.15) is 0 Å². The van der Waals surface area contributed by atoms with Crippen LogP contribution in [0.1, 0.15) is 33.6 Å². The van der Waals surface area contributed by atoms with Crippen molar-refractivity contribution in [2.75, 3.05) is 6.61 Å². The molecule has 1 atom stereocenters. The van der Waals surface area contributed by atoms with Crippen LogP contribution in [0.15, 0.2) is 25.3 Å². The molecule has 0 aromatic heterocycles. The Hall–Kier alpha value is -1.05. The summed E-state index contributed by atoms with van der Waals surface area (Å²) >= 11 is 0. The van der Waals surface area contributed by atoms with Gasteiger partial charge in [-0.3, -0.25) is 4.79 Å². The maximum Gasteiger partial charge on any atom is 0.306 e. The van der Waals surface area contributed by atoms with Crippen LogP contribution >= 0.6 is 0 Å². The van der Waals surface area contributed by atoms with Crippen molar-refractivity contribution < 1.29 is 9.53 Å². The lowest BCUT2D eigenvalue weighted by Crippen LogP contribution is -2.16. The molecule has 0 radical (unpaired) electrons. The summed E-state index contributed by atoms with van der Waals surface area (Å²) in [5.74, 6) is 0.164. The Labute approximate surface area is 93.0 Å². The van der Waals surface area contributed by atoms with Crippen molar-refractivity contribution in [3.63, 3.8) is 0 Å². The Bertz CT molecular complexity index is 229. The van der Waals surface area contributed by atoms with Crippen LogP contribution in [0, 0.1) is 11.3 Å². The van der Waals surface area contributed by atoms with Gasteiger partial charge < -0.3 is 4.74 Å². The third-order valence-corrected chi connectivity index (χ3v) is 2.30. The lowest BCUT2D eigenvalue weighted by molar-refractivity contribution is -0.143. The lowest BCUT2D eigenvalue weighted by atomic mass is 9.82. The summed E-state index contributed by atoms with van der Waals surface area (Å²) in [6.45, 7) is 13.9. The SMILES string of the molecule is C=CCOC(=O)CC(C)CC(C)(C)C=C. The highest BCUT2D eigenvalue weighted by atomic mass is 16.5. The second kappa shape index (κ2) is 6.44. The van der Waals surface area contributed by atoms with Crippen molar-refractivity contribution in [2.24, 2.45) is 11.3 Å². The normalized spacial score (nSPS) is 13.0. The van der Waals surface area contributed by atoms with Crippen LogP contribution in [0.2, 0.25) is 0 Å². The van der Waals surface area contributed by atoms with E-state index in [1.54, 1.807) is 6.08 Å². The minimum absolute atomic E-state index is 0.0815. The number of hydrogen-bond donors (Lipinski definition) is 0. The lowest BCUT2D eigenvalue weighted by Gasteiger charge is -2.23. The highest BCUT2D eigenvalue weighted by molar-refractivity contribution is 5.69. The third kappa shape index (κ3) is 6.95. The highest BCUT2D eigenvalue weighted by Gasteiger charge is 2.19. The quantitative estimate of drug-likeness (QED) is 0.476. The first-order chi connectivity index (χ1) is 6.91. The smallest absolute Gasteiger partial charge is 0.306 e. The molecule has 86 valence electrons. The molecule has 15 heavy (non-hydrogen) atoms. The van der Waals surface area contributed by atoms with Crippen molar-refractivity contribution >= 4 is 5.97 Å². The Balaban J connectivity index is 3.92. The molecule has 0 N–H and O–H groups in total. The maximum absolute atomic E-state index is 11.3. The van der Waals surface area contributed by atoms with E-state index < -0.39 is 0 Å². The summed E-state index contributed by atoms with van der Waals surface area (Å²) < 4.78 is 4.93. The van der Waals surface area contributed by atoms with Crippen molar-refractivity contribution in [2.45, 2.75) is 33.6 Å². The fourth-order valence-corrected chi connectivity index (χ4v) is 1.55. The van der Waals surface area contributed by atoms with Crippen LogP contribution < -0.4 is 0 Å². The third-order valence-electron chi connectivity index (χ3n) is 2.30. The predicted molar refractivity (Wildman–Crippen MR) is 63.5 cm³/mol. The fourth-order valence-electron chi connectivity index (χ4n) is 1.55. The Morgan fingerprint density at radius 1 is 1.47 bits per heavy atom. The largest absolute Gasteiger partial charge is 0.461 e. The molecule has 0 saturated carbocycles. The second-order valence-electron chi connectivity index (χ2n) is 4.68. The van der Waals surface area contributed by atoms with Crippen molar-refractivity contribution in [3.05, 3.63) is 25.3 Å². The Kier molecular flexibility index (Phi) is 5.99. The zero-order valence-electron chi connectivity index (χ0n) is 10.1. The first-order valence-electron chi connectivity index (χ1n) is 5.31. The van der Waals surface area contributed by atoms with E-state index in [-0.39, 0.29) is 11.4 Å². The summed E-state index contributed by atoms with van der Waals surface area (Å²) in [7, 11) is 0. The van der Waals surface area contributed by atoms with E-state index in [0.29, 0.717) is 18.9 Å². The van der Waals surface area contributed by atoms with Gasteiger partial charge in [0, 0.05) is 6.42 Å². The van der Waals surface area contributed by atoms with Gasteiger partial charge in [0.1, 0.15) is 6.61 Å². The molecule has 0 fully saturated rings. The standard InChI is InChI=1S/C13H22O2/c1-6-8-15-12(14)9-11(3)10-13(4,5)7-2/h6-7,11H,1-2,8-10H2,3-5H3. The molecule has 1 unspecified atom stereocenters. The molecular formula is C13H22O2. The van der Waals surface area contributed by atoms with E-state index >= 15 is 0 Å². The first-order valence-corrected chi connectivity index (χ1v) is 5.31. The van der Waals surface area contributed by atoms with Crippen molar-refractivity contribution in [3.8, 4) is 0 Å². The minimum atomic E-state index is -0.151. The molecule has 0 heterocycles. The molecule has 0 aliphatic heterocycles. The van der Waals surface area contributed by atoms with Crippen LogP contribution in [0.5, 0.6) is 0 Å². The van der Waals surface area contributed by atoms with Gasteiger partial charge in [0.25, 0.3) is 0 Å². The average Bonchev–Trinajstić information content (AvgIpc) is 2.13. The summed E-state index contributed by atoms with van der Waals surface area (Å²) in [6, 6.07) is 0. The number of rotatable bonds is 7. The van der Waals surface area contributed by atoms with E-state index in [4.69, 9.17) is 4.74 Å². The second-order valence-corrected chi connectivity index (χ2v) is 4.68. The molecule has 0 bridgehead atoms. The number of ether oxygens (including phenoxy) is 1. The van der Waals surface area contributed by atoms with Gasteiger partial charge in [-0.05, 0) is 17.8 Å². The first kappa shape index (κ1) is 13.9. The van der Waals surface area contributed by atoms with Crippen LogP contribution in [-0.4, -0.2) is 12.6 Å². The van der Waals surface area contributed by atoms with Gasteiger partial charge in [-0.15, -0.1) is 6.58 Å². The zero-order valence-corrected chi connectivity index (χ0v) is 10.1. The molecular weight excluding hydrogens is 188 g/mol. The molecule has 0 saturated heterocycles. The molecule has 2 nitrogen and oxygen atoms in total. The summed E-state index contributed by atoms with van der Waals surface area (Å²) in [6.07, 6.45) is 4.92. The molecule has 2 heteroatoms. The van der Waals surface area contributed by atoms with Gasteiger partial charge in [0.05, 0.1) is 0 Å². The predicted octanol–water partition coefficient (Wildman–Crippen LogP) is 3.34. The van der Waals surface area contributed by atoms with E-state index in [1.165, 1.54) is 0 Å².